The van der Waals surface area contributed by atoms with E-state index in [-0.39, 0.29) is 17.7 Å². The third-order valence-corrected chi connectivity index (χ3v) is 4.98. The zero-order valence-corrected chi connectivity index (χ0v) is 13.0. The van der Waals surface area contributed by atoms with E-state index in [9.17, 15) is 9.18 Å². The Balaban J connectivity index is 2.06. The number of esters is 1. The van der Waals surface area contributed by atoms with Crippen molar-refractivity contribution in [3.8, 4) is 0 Å². The molecule has 0 amide bonds. The number of halogens is 1. The molecule has 0 aliphatic carbocycles. The van der Waals surface area contributed by atoms with Crippen LogP contribution in [-0.4, -0.2) is 23.4 Å². The number of carbonyl (C=O) groups is 1. The normalized spacial score (nSPS) is 17.2. The molecule has 3 nitrogen and oxygen atoms in total. The molecule has 1 aliphatic heterocycles. The zero-order chi connectivity index (χ0) is 15.0. The van der Waals surface area contributed by atoms with E-state index < -0.39 is 0 Å². The van der Waals surface area contributed by atoms with Gasteiger partial charge in [-0.15, -0.1) is 11.8 Å². The molecule has 2 aromatic rings. The van der Waals surface area contributed by atoms with E-state index in [1.807, 2.05) is 0 Å². The first kappa shape index (κ1) is 14.4. The second-order valence-corrected chi connectivity index (χ2v) is 6.56. The van der Waals surface area contributed by atoms with Crippen LogP contribution in [0.2, 0.25) is 0 Å². The van der Waals surface area contributed by atoms with Crippen LogP contribution in [0.5, 0.6) is 0 Å². The number of hydrogen-bond acceptors (Lipinski definition) is 3. The van der Waals surface area contributed by atoms with Crippen LogP contribution in [0.15, 0.2) is 23.1 Å². The van der Waals surface area contributed by atoms with Crippen LogP contribution in [0.1, 0.15) is 31.4 Å². The van der Waals surface area contributed by atoms with Gasteiger partial charge in [-0.1, -0.05) is 6.92 Å². The van der Waals surface area contributed by atoms with Crippen molar-refractivity contribution < 1.29 is 13.9 Å². The van der Waals surface area contributed by atoms with Crippen molar-refractivity contribution in [1.29, 1.82) is 0 Å². The fraction of sp³-hybridized carbons (Fsp3) is 0.438. The van der Waals surface area contributed by atoms with Crippen molar-refractivity contribution in [3.63, 3.8) is 0 Å². The Bertz CT molecular complexity index is 695. The van der Waals surface area contributed by atoms with Crippen LogP contribution >= 0.6 is 11.8 Å². The topological polar surface area (TPSA) is 31.2 Å². The quantitative estimate of drug-likeness (QED) is 0.633. The van der Waals surface area contributed by atoms with Crippen LogP contribution in [0.25, 0.3) is 10.9 Å². The van der Waals surface area contributed by atoms with Gasteiger partial charge in [0.25, 0.3) is 0 Å². The van der Waals surface area contributed by atoms with Crippen molar-refractivity contribution in [2.75, 3.05) is 12.9 Å². The summed E-state index contributed by atoms with van der Waals surface area (Å²) in [6.45, 7) is 2.89. The molecule has 0 fully saturated rings. The monoisotopic (exact) mass is 307 g/mol. The van der Waals surface area contributed by atoms with Gasteiger partial charge in [0.15, 0.2) is 0 Å². The van der Waals surface area contributed by atoms with E-state index >= 15 is 0 Å². The molecule has 1 aromatic carbocycles. The summed E-state index contributed by atoms with van der Waals surface area (Å²) in [5.41, 5.74) is 2.06. The lowest BCUT2D eigenvalue weighted by Gasteiger charge is -2.06. The van der Waals surface area contributed by atoms with Crippen molar-refractivity contribution in [2.45, 2.75) is 37.1 Å². The van der Waals surface area contributed by atoms with Crippen LogP contribution in [-0.2, 0) is 16.1 Å². The molecule has 21 heavy (non-hydrogen) atoms. The summed E-state index contributed by atoms with van der Waals surface area (Å²) in [7, 11) is 1.41. The molecule has 0 bridgehead atoms. The maximum atomic E-state index is 13.8. The van der Waals surface area contributed by atoms with Gasteiger partial charge in [-0.2, -0.15) is 0 Å². The lowest BCUT2D eigenvalue weighted by atomic mass is 10.0. The van der Waals surface area contributed by atoms with E-state index in [0.717, 1.165) is 40.2 Å². The first-order valence-corrected chi connectivity index (χ1v) is 8.15. The zero-order valence-electron chi connectivity index (χ0n) is 12.2. The molecule has 1 atom stereocenters. The Hall–Kier alpha value is -1.49. The number of aromatic nitrogens is 1. The number of benzene rings is 1. The summed E-state index contributed by atoms with van der Waals surface area (Å²) in [5, 5.41) is 1.09. The van der Waals surface area contributed by atoms with E-state index in [0.29, 0.717) is 6.42 Å². The summed E-state index contributed by atoms with van der Waals surface area (Å²) in [5.74, 6) is 0.696. The van der Waals surface area contributed by atoms with Crippen molar-refractivity contribution in [1.82, 2.24) is 4.57 Å². The van der Waals surface area contributed by atoms with Gasteiger partial charge >= 0.3 is 5.97 Å². The Labute approximate surface area is 127 Å². The van der Waals surface area contributed by atoms with Gasteiger partial charge in [-0.05, 0) is 30.4 Å². The Morgan fingerprint density at radius 1 is 1.48 bits per heavy atom. The Kier molecular flexibility index (Phi) is 3.93. The molecule has 0 spiro atoms. The lowest BCUT2D eigenvalue weighted by Crippen LogP contribution is -2.06. The number of nitrogens with zero attached hydrogens (tertiary/aromatic N) is 1. The maximum absolute atomic E-state index is 13.8. The molecule has 112 valence electrons. The molecular weight excluding hydrogens is 289 g/mol. The fourth-order valence-corrected chi connectivity index (χ4v) is 3.93. The van der Waals surface area contributed by atoms with Gasteiger partial charge in [0.05, 0.1) is 19.0 Å². The van der Waals surface area contributed by atoms with Crippen molar-refractivity contribution in [2.24, 2.45) is 0 Å². The van der Waals surface area contributed by atoms with Crippen LogP contribution in [0, 0.1) is 5.82 Å². The molecule has 0 saturated heterocycles. The third-order valence-electron chi connectivity index (χ3n) is 4.04. The number of thioether (sulfide) groups is 1. The van der Waals surface area contributed by atoms with Gasteiger partial charge in [-0.25, -0.2) is 4.39 Å². The molecule has 1 unspecified atom stereocenters. The summed E-state index contributed by atoms with van der Waals surface area (Å²) >= 11 is 1.65. The molecule has 1 aliphatic rings. The summed E-state index contributed by atoms with van der Waals surface area (Å²) in [6.07, 6.45) is 1.30. The first-order valence-electron chi connectivity index (χ1n) is 7.16. The molecule has 3 rings (SSSR count). The number of ether oxygens (including phenoxy) is 1. The van der Waals surface area contributed by atoms with Gasteiger partial charge in [0, 0.05) is 28.4 Å². The van der Waals surface area contributed by atoms with Crippen LogP contribution in [0.4, 0.5) is 4.39 Å². The molecule has 5 heteroatoms. The summed E-state index contributed by atoms with van der Waals surface area (Å²) in [4.78, 5) is 12.5. The Morgan fingerprint density at radius 2 is 2.29 bits per heavy atom. The molecule has 0 N–H and O–H groups in total. The predicted molar refractivity (Wildman–Crippen MR) is 82.3 cm³/mol. The summed E-state index contributed by atoms with van der Waals surface area (Å²) < 4.78 is 20.7. The highest BCUT2D eigenvalue weighted by Gasteiger charge is 2.28. The van der Waals surface area contributed by atoms with E-state index in [2.05, 4.69) is 17.6 Å². The van der Waals surface area contributed by atoms with Gasteiger partial charge < -0.3 is 9.30 Å². The third kappa shape index (κ3) is 2.55. The van der Waals surface area contributed by atoms with E-state index in [1.54, 1.807) is 23.9 Å². The van der Waals surface area contributed by atoms with Gasteiger partial charge in [-0.3, -0.25) is 4.79 Å². The van der Waals surface area contributed by atoms with E-state index in [1.165, 1.54) is 7.11 Å². The number of rotatable bonds is 4. The predicted octanol–water partition coefficient (Wildman–Crippen LogP) is 3.94. The van der Waals surface area contributed by atoms with E-state index in [4.69, 9.17) is 4.74 Å². The minimum atomic E-state index is -0.198. The van der Waals surface area contributed by atoms with Gasteiger partial charge in [0.2, 0.25) is 0 Å². The molecular formula is C16H18FNO2S. The summed E-state index contributed by atoms with van der Waals surface area (Å²) in [6, 6.07) is 5.31. The molecule has 1 aromatic heterocycles. The van der Waals surface area contributed by atoms with Crippen molar-refractivity contribution in [3.05, 3.63) is 29.7 Å². The number of fused-ring (bicyclic) bond motifs is 3. The Morgan fingerprint density at radius 3 is 3.00 bits per heavy atom. The SMILES string of the molecule is CCSc1cc(F)cc2c1cc1n2CCC1CC(=O)OC. The number of methoxy groups -OCH3 is 1. The smallest absolute Gasteiger partial charge is 0.306 e. The number of aryl methyl sites for hydroxylation is 1. The molecule has 0 saturated carbocycles. The highest BCUT2D eigenvalue weighted by atomic mass is 32.2. The highest BCUT2D eigenvalue weighted by molar-refractivity contribution is 7.99. The number of hydrogen-bond donors (Lipinski definition) is 0. The average Bonchev–Trinajstić information content (AvgIpc) is 3.00. The highest BCUT2D eigenvalue weighted by Crippen LogP contribution is 2.39. The second kappa shape index (κ2) is 5.72. The second-order valence-electron chi connectivity index (χ2n) is 5.26. The lowest BCUT2D eigenvalue weighted by molar-refractivity contribution is -0.141. The number of carbonyl (C=O) groups excluding carboxylic acids is 1. The minimum absolute atomic E-state index is 0.174. The average molecular weight is 307 g/mol. The maximum Gasteiger partial charge on any atom is 0.306 e. The van der Waals surface area contributed by atoms with Crippen LogP contribution < -0.4 is 0 Å². The minimum Gasteiger partial charge on any atom is -0.469 e. The largest absolute Gasteiger partial charge is 0.469 e. The standard InChI is InChI=1S/C16H18FNO2S/c1-3-21-15-8-11(17)7-14-12(15)9-13-10(4-5-18(13)14)6-16(19)20-2/h7-10H,3-6H2,1-2H3. The molecule has 2 heterocycles. The molecule has 0 radical (unpaired) electrons. The fourth-order valence-electron chi connectivity index (χ4n) is 3.10. The van der Waals surface area contributed by atoms with Crippen molar-refractivity contribution >= 4 is 28.6 Å². The first-order chi connectivity index (χ1) is 10.1. The van der Waals surface area contributed by atoms with Gasteiger partial charge in [0.1, 0.15) is 5.82 Å². The van der Waals surface area contributed by atoms with Crippen LogP contribution in [0.3, 0.4) is 0 Å².